The van der Waals surface area contributed by atoms with Crippen LogP contribution in [0.2, 0.25) is 0 Å². The Morgan fingerprint density at radius 2 is 1.33 bits per heavy atom. The Bertz CT molecular complexity index is 1800. The van der Waals surface area contributed by atoms with Crippen LogP contribution in [0.4, 0.5) is 11.9 Å². The number of nitrogens with two attached hydrogens (primary N) is 1. The molecular formula is C24H32N10O11. The molecule has 0 saturated carbocycles. The van der Waals surface area contributed by atoms with Gasteiger partial charge in [-0.3, -0.25) is 38.8 Å². The highest BCUT2D eigenvalue weighted by Gasteiger charge is 2.45. The van der Waals surface area contributed by atoms with E-state index in [0.717, 1.165) is 0 Å². The average molecular weight is 637 g/mol. The number of carbonyl (C=O) groups is 1. The molecule has 0 aromatic carbocycles. The number of nitrogens with one attached hydrogen (secondary N) is 3. The lowest BCUT2D eigenvalue weighted by atomic mass is 10.1. The van der Waals surface area contributed by atoms with Crippen molar-refractivity contribution in [2.24, 2.45) is 5.92 Å². The molecule has 45 heavy (non-hydrogen) atoms. The van der Waals surface area contributed by atoms with E-state index in [9.17, 15) is 39.9 Å². The Balaban J connectivity index is 0.000000182. The third-order valence-electron chi connectivity index (χ3n) is 7.23. The van der Waals surface area contributed by atoms with Gasteiger partial charge < -0.3 is 45.8 Å². The van der Waals surface area contributed by atoms with Gasteiger partial charge in [0.15, 0.2) is 34.8 Å². The van der Waals surface area contributed by atoms with Gasteiger partial charge in [-0.05, 0) is 0 Å². The van der Waals surface area contributed by atoms with Gasteiger partial charge in [-0.25, -0.2) is 9.97 Å². The minimum atomic E-state index is -1.34. The number of rotatable bonds is 6. The van der Waals surface area contributed by atoms with Crippen LogP contribution in [0, 0.1) is 5.92 Å². The molecular weight excluding hydrogens is 604 g/mol. The van der Waals surface area contributed by atoms with Crippen molar-refractivity contribution in [3.8, 4) is 0 Å². The number of aliphatic hydroxyl groups excluding tert-OH is 6. The zero-order valence-electron chi connectivity index (χ0n) is 23.8. The molecule has 4 aromatic rings. The number of nitrogens with zero attached hydrogens (tertiary/aromatic N) is 6. The smallest absolute Gasteiger partial charge is 0.280 e. The fraction of sp³-hybridized carbons (Fsp3) is 0.542. The third-order valence-corrected chi connectivity index (χ3v) is 7.23. The van der Waals surface area contributed by atoms with E-state index >= 15 is 0 Å². The molecule has 0 radical (unpaired) electrons. The first-order valence-corrected chi connectivity index (χ1v) is 13.6. The van der Waals surface area contributed by atoms with E-state index in [1.54, 1.807) is 13.8 Å². The summed E-state index contributed by atoms with van der Waals surface area (Å²) < 4.78 is 13.3. The van der Waals surface area contributed by atoms with Crippen LogP contribution in [0.25, 0.3) is 22.3 Å². The minimum Gasteiger partial charge on any atom is -0.394 e. The van der Waals surface area contributed by atoms with Crippen molar-refractivity contribution in [2.75, 3.05) is 24.3 Å². The maximum atomic E-state index is 12.1. The van der Waals surface area contributed by atoms with Crippen LogP contribution < -0.4 is 22.2 Å². The second-order valence-electron chi connectivity index (χ2n) is 10.6. The van der Waals surface area contributed by atoms with E-state index in [0.29, 0.717) is 0 Å². The fourth-order valence-corrected chi connectivity index (χ4v) is 4.78. The highest BCUT2D eigenvalue weighted by molar-refractivity contribution is 5.91. The quantitative estimate of drug-likeness (QED) is 0.0955. The summed E-state index contributed by atoms with van der Waals surface area (Å²) in [4.78, 5) is 56.2. The van der Waals surface area contributed by atoms with Crippen molar-refractivity contribution in [3.05, 3.63) is 33.4 Å². The van der Waals surface area contributed by atoms with Crippen molar-refractivity contribution in [2.45, 2.75) is 62.9 Å². The summed E-state index contributed by atoms with van der Waals surface area (Å²) in [5, 5.41) is 60.4. The first-order chi connectivity index (χ1) is 21.4. The Hall–Kier alpha value is -4.35. The molecule has 0 bridgehead atoms. The number of aromatic nitrogens is 8. The number of amides is 1. The van der Waals surface area contributed by atoms with Gasteiger partial charge in [0, 0.05) is 5.92 Å². The zero-order valence-corrected chi connectivity index (χ0v) is 23.8. The van der Waals surface area contributed by atoms with Crippen LogP contribution in [0.15, 0.2) is 22.2 Å². The largest absolute Gasteiger partial charge is 0.394 e. The summed E-state index contributed by atoms with van der Waals surface area (Å²) in [7, 11) is 0. The highest BCUT2D eigenvalue weighted by atomic mass is 16.6. The van der Waals surface area contributed by atoms with Gasteiger partial charge in [0.1, 0.15) is 36.6 Å². The van der Waals surface area contributed by atoms with Gasteiger partial charge in [0.25, 0.3) is 11.1 Å². The number of aliphatic hydroxyl groups is 6. The number of aromatic amines is 2. The van der Waals surface area contributed by atoms with E-state index in [4.69, 9.17) is 20.3 Å². The number of fused-ring (bicyclic) bond motifs is 2. The molecule has 0 aliphatic carbocycles. The van der Waals surface area contributed by atoms with E-state index in [2.05, 4.69) is 35.2 Å². The lowest BCUT2D eigenvalue weighted by Gasteiger charge is -2.16. The summed E-state index contributed by atoms with van der Waals surface area (Å²) in [6, 6.07) is 0. The Morgan fingerprint density at radius 1 is 0.867 bits per heavy atom. The molecule has 4 aromatic heterocycles. The molecule has 2 saturated heterocycles. The summed E-state index contributed by atoms with van der Waals surface area (Å²) in [5.74, 6) is -0.812. The Morgan fingerprint density at radius 3 is 1.78 bits per heavy atom. The monoisotopic (exact) mass is 636 g/mol. The normalized spacial score (nSPS) is 28.1. The Kier molecular flexibility index (Phi) is 8.95. The molecule has 8 atom stereocenters. The van der Waals surface area contributed by atoms with Crippen molar-refractivity contribution < 1.29 is 44.9 Å². The highest BCUT2D eigenvalue weighted by Crippen LogP contribution is 2.32. The maximum absolute atomic E-state index is 12.1. The maximum Gasteiger partial charge on any atom is 0.280 e. The van der Waals surface area contributed by atoms with Crippen LogP contribution in [0.5, 0.6) is 0 Å². The van der Waals surface area contributed by atoms with Crippen molar-refractivity contribution in [3.63, 3.8) is 0 Å². The van der Waals surface area contributed by atoms with E-state index < -0.39 is 73.4 Å². The Labute approximate surface area is 250 Å². The standard InChI is InChI=1S/C14H19N5O6.C10H13N5O5/c1-5(2)11(23)17-14-16-10-7(12(24)18-14)15-4-19(10)13-9(22)8(21)6(3-20)25-13;11-10-13-7-4(8(19)14-10)12-2-15(7)9-6(18)5(17)3(1-16)20-9/h4-6,8-9,13,20-22H,3H2,1-2H3,(H2,16,17,18,23,24);2-3,5-6,9,16-18H,1H2,(H3,11,13,14,19)/t6-,8-,9-,13-;3-,5-,6-,9-/m11/s1. The molecule has 244 valence electrons. The lowest BCUT2D eigenvalue weighted by Crippen LogP contribution is -2.33. The molecule has 2 aliphatic rings. The molecule has 0 unspecified atom stereocenters. The average Bonchev–Trinajstić information content (AvgIpc) is 3.75. The number of nitrogen functional groups attached to an aromatic ring is 1. The molecule has 21 heteroatoms. The molecule has 6 heterocycles. The first kappa shape index (κ1) is 32.1. The number of hydrogen-bond donors (Lipinski definition) is 10. The SMILES string of the molecule is CC(C)C(=O)Nc1nc2c(ncn2[C@@H]2O[C@H](CO)[C@@H](O)[C@H]2O)c(=O)[nH]1.Nc1nc2c(ncn2[C@@H]2O[C@H](CO)[C@@H](O)[C@H]2O)c(=O)[nH]1. The predicted octanol–water partition coefficient (Wildman–Crippen LogP) is -4.36. The molecule has 6 rings (SSSR count). The van der Waals surface area contributed by atoms with Crippen molar-refractivity contribution in [1.29, 1.82) is 0 Å². The number of H-pyrrole nitrogens is 2. The van der Waals surface area contributed by atoms with Crippen molar-refractivity contribution >= 4 is 40.1 Å². The van der Waals surface area contributed by atoms with Crippen LogP contribution in [-0.2, 0) is 14.3 Å². The van der Waals surface area contributed by atoms with Gasteiger partial charge in [-0.1, -0.05) is 13.8 Å². The topological polar surface area (TPSA) is 322 Å². The third kappa shape index (κ3) is 5.89. The lowest BCUT2D eigenvalue weighted by molar-refractivity contribution is -0.118. The number of carbonyl (C=O) groups excluding carboxylic acids is 1. The minimum absolute atomic E-state index is 0.0136. The number of ether oxygens (including phenoxy) is 2. The van der Waals surface area contributed by atoms with Gasteiger partial charge in [-0.2, -0.15) is 9.97 Å². The summed E-state index contributed by atoms with van der Waals surface area (Å²) in [6.45, 7) is 2.45. The van der Waals surface area contributed by atoms with Gasteiger partial charge in [0.2, 0.25) is 17.8 Å². The van der Waals surface area contributed by atoms with E-state index in [1.807, 2.05) is 0 Å². The van der Waals surface area contributed by atoms with Gasteiger partial charge in [-0.15, -0.1) is 0 Å². The summed E-state index contributed by atoms with van der Waals surface area (Å²) in [6.07, 6.45) is -6.67. The van der Waals surface area contributed by atoms with Crippen LogP contribution in [0.3, 0.4) is 0 Å². The molecule has 2 aliphatic heterocycles. The first-order valence-electron chi connectivity index (χ1n) is 13.6. The number of imidazole rings is 2. The van der Waals surface area contributed by atoms with Crippen LogP contribution in [0.1, 0.15) is 26.3 Å². The van der Waals surface area contributed by atoms with E-state index in [1.165, 1.54) is 21.8 Å². The molecule has 11 N–H and O–H groups in total. The molecule has 1 amide bonds. The molecule has 21 nitrogen and oxygen atoms in total. The summed E-state index contributed by atoms with van der Waals surface area (Å²) >= 11 is 0. The second kappa shape index (κ2) is 12.6. The van der Waals surface area contributed by atoms with Crippen LogP contribution in [-0.4, -0.2) is 125 Å². The van der Waals surface area contributed by atoms with Gasteiger partial charge >= 0.3 is 0 Å². The second-order valence-corrected chi connectivity index (χ2v) is 10.6. The number of anilines is 2. The fourth-order valence-electron chi connectivity index (χ4n) is 4.78. The molecule has 0 spiro atoms. The van der Waals surface area contributed by atoms with E-state index in [-0.39, 0.29) is 46.0 Å². The predicted molar refractivity (Wildman–Crippen MR) is 150 cm³/mol. The van der Waals surface area contributed by atoms with Crippen LogP contribution >= 0.6 is 0 Å². The zero-order chi connectivity index (χ0) is 32.7. The van der Waals surface area contributed by atoms with Gasteiger partial charge in [0.05, 0.1) is 25.9 Å². The molecule has 2 fully saturated rings. The number of hydrogen-bond acceptors (Lipinski definition) is 16. The van der Waals surface area contributed by atoms with Crippen molar-refractivity contribution in [1.82, 2.24) is 39.0 Å². The summed E-state index contributed by atoms with van der Waals surface area (Å²) in [5.41, 5.74) is 4.59.